The third-order valence-electron chi connectivity index (χ3n) is 5.36. The first-order valence-corrected chi connectivity index (χ1v) is 10.2. The summed E-state index contributed by atoms with van der Waals surface area (Å²) in [6.07, 6.45) is 4.44. The first kappa shape index (κ1) is 19.4. The zero-order valence-electron chi connectivity index (χ0n) is 16.8. The van der Waals surface area contributed by atoms with Gasteiger partial charge < -0.3 is 19.5 Å². The molecule has 1 aliphatic heterocycles. The standard InChI is InChI=1S/C22H27N5O2/c1-26-20-10-3-2-9-19(20)25-21(26)11-13-24-22(28)27-14-6-8-18(15-27)29-16-17-7-4-5-12-23-17/h2-5,7,9-10,12,18H,6,8,11,13-16H2,1H3,(H,24,28). The second-order valence-corrected chi connectivity index (χ2v) is 7.40. The number of benzene rings is 1. The predicted octanol–water partition coefficient (Wildman–Crippen LogP) is 2.90. The van der Waals surface area contributed by atoms with E-state index < -0.39 is 0 Å². The summed E-state index contributed by atoms with van der Waals surface area (Å²) in [6, 6.07) is 13.8. The average molecular weight is 393 g/mol. The molecule has 0 saturated carbocycles. The summed E-state index contributed by atoms with van der Waals surface area (Å²) in [6.45, 7) is 2.42. The molecule has 2 amide bonds. The van der Waals surface area contributed by atoms with Crippen LogP contribution in [0, 0.1) is 0 Å². The van der Waals surface area contributed by atoms with E-state index in [1.54, 1.807) is 6.20 Å². The number of rotatable bonds is 6. The molecule has 1 unspecified atom stereocenters. The van der Waals surface area contributed by atoms with Gasteiger partial charge in [0.05, 0.1) is 29.4 Å². The van der Waals surface area contributed by atoms with E-state index in [9.17, 15) is 4.79 Å². The Morgan fingerprint density at radius 2 is 2.10 bits per heavy atom. The third-order valence-corrected chi connectivity index (χ3v) is 5.36. The van der Waals surface area contributed by atoms with Crippen LogP contribution in [0.2, 0.25) is 0 Å². The predicted molar refractivity (Wildman–Crippen MR) is 111 cm³/mol. The highest BCUT2D eigenvalue weighted by atomic mass is 16.5. The number of amides is 2. The Morgan fingerprint density at radius 1 is 1.24 bits per heavy atom. The fraction of sp³-hybridized carbons (Fsp3) is 0.409. The van der Waals surface area contributed by atoms with Crippen LogP contribution >= 0.6 is 0 Å². The maximum Gasteiger partial charge on any atom is 0.317 e. The number of nitrogens with zero attached hydrogens (tertiary/aromatic N) is 4. The van der Waals surface area contributed by atoms with Gasteiger partial charge in [-0.15, -0.1) is 0 Å². The van der Waals surface area contributed by atoms with Crippen LogP contribution in [0.3, 0.4) is 0 Å². The first-order valence-electron chi connectivity index (χ1n) is 10.2. The van der Waals surface area contributed by atoms with Crippen LogP contribution in [0.5, 0.6) is 0 Å². The van der Waals surface area contributed by atoms with Crippen LogP contribution in [0.4, 0.5) is 4.79 Å². The molecule has 2 aromatic heterocycles. The minimum atomic E-state index is -0.0325. The minimum Gasteiger partial charge on any atom is -0.370 e. The minimum absolute atomic E-state index is 0.0325. The molecule has 7 heteroatoms. The number of likely N-dealkylation sites (tertiary alicyclic amines) is 1. The Labute approximate surface area is 170 Å². The van der Waals surface area contributed by atoms with Gasteiger partial charge in [-0.2, -0.15) is 0 Å². The van der Waals surface area contributed by atoms with Gasteiger partial charge in [0.25, 0.3) is 0 Å². The number of pyridine rings is 1. The van der Waals surface area contributed by atoms with Crippen molar-refractivity contribution in [3.05, 3.63) is 60.2 Å². The summed E-state index contributed by atoms with van der Waals surface area (Å²) < 4.78 is 8.06. The van der Waals surface area contributed by atoms with E-state index in [-0.39, 0.29) is 12.1 Å². The molecule has 4 rings (SSSR count). The quantitative estimate of drug-likeness (QED) is 0.699. The maximum atomic E-state index is 12.6. The van der Waals surface area contributed by atoms with Crippen molar-refractivity contribution in [1.29, 1.82) is 0 Å². The van der Waals surface area contributed by atoms with Crippen LogP contribution in [-0.4, -0.2) is 51.2 Å². The molecule has 152 valence electrons. The molecular weight excluding hydrogens is 366 g/mol. The number of para-hydroxylation sites is 2. The van der Waals surface area contributed by atoms with Gasteiger partial charge in [-0.1, -0.05) is 18.2 Å². The SMILES string of the molecule is Cn1c(CCNC(=O)N2CCCC(OCc3ccccn3)C2)nc2ccccc21. The summed E-state index contributed by atoms with van der Waals surface area (Å²) in [5, 5.41) is 3.03. The molecule has 1 fully saturated rings. The highest BCUT2D eigenvalue weighted by Gasteiger charge is 2.24. The van der Waals surface area contributed by atoms with Crippen molar-refractivity contribution in [2.45, 2.75) is 32.0 Å². The van der Waals surface area contributed by atoms with E-state index in [1.807, 2.05) is 48.3 Å². The molecule has 0 aliphatic carbocycles. The molecule has 1 aliphatic rings. The number of urea groups is 1. The summed E-state index contributed by atoms with van der Waals surface area (Å²) in [4.78, 5) is 23.4. The van der Waals surface area contributed by atoms with Crippen molar-refractivity contribution in [3.8, 4) is 0 Å². The van der Waals surface area contributed by atoms with E-state index in [1.165, 1.54) is 0 Å². The second-order valence-electron chi connectivity index (χ2n) is 7.40. The van der Waals surface area contributed by atoms with Crippen molar-refractivity contribution in [3.63, 3.8) is 0 Å². The third kappa shape index (κ3) is 4.74. The van der Waals surface area contributed by atoms with Gasteiger partial charge in [0, 0.05) is 39.3 Å². The number of carbonyl (C=O) groups is 1. The van der Waals surface area contributed by atoms with Crippen molar-refractivity contribution in [2.75, 3.05) is 19.6 Å². The van der Waals surface area contributed by atoms with E-state index in [0.29, 0.717) is 26.1 Å². The van der Waals surface area contributed by atoms with Crippen molar-refractivity contribution in [2.24, 2.45) is 7.05 Å². The number of ether oxygens (including phenoxy) is 1. The lowest BCUT2D eigenvalue weighted by Gasteiger charge is -2.32. The Hall–Kier alpha value is -2.93. The molecule has 3 heterocycles. The lowest BCUT2D eigenvalue weighted by atomic mass is 10.1. The Balaban J connectivity index is 1.25. The Kier molecular flexibility index (Phi) is 6.05. The lowest BCUT2D eigenvalue weighted by Crippen LogP contribution is -2.48. The number of imidazole rings is 1. The molecular formula is C22H27N5O2. The molecule has 1 atom stereocenters. The molecule has 3 aromatic rings. The number of aryl methyl sites for hydroxylation is 1. The van der Waals surface area contributed by atoms with Crippen molar-refractivity contribution >= 4 is 17.1 Å². The maximum absolute atomic E-state index is 12.6. The molecule has 0 bridgehead atoms. The topological polar surface area (TPSA) is 72.3 Å². The number of fused-ring (bicyclic) bond motifs is 1. The van der Waals surface area contributed by atoms with Crippen LogP contribution in [0.1, 0.15) is 24.4 Å². The summed E-state index contributed by atoms with van der Waals surface area (Å²) in [7, 11) is 2.01. The van der Waals surface area contributed by atoms with E-state index >= 15 is 0 Å². The number of hydrogen-bond acceptors (Lipinski definition) is 4. The first-order chi connectivity index (χ1) is 14.2. The second kappa shape index (κ2) is 9.05. The lowest BCUT2D eigenvalue weighted by molar-refractivity contribution is -0.00162. The van der Waals surface area contributed by atoms with Gasteiger partial charge in [-0.25, -0.2) is 9.78 Å². The Bertz CT molecular complexity index is 956. The number of hydrogen-bond donors (Lipinski definition) is 1. The number of piperidine rings is 1. The van der Waals surface area contributed by atoms with Crippen LogP contribution in [0.15, 0.2) is 48.7 Å². The summed E-state index contributed by atoms with van der Waals surface area (Å²) >= 11 is 0. The van der Waals surface area contributed by atoms with Crippen LogP contribution in [-0.2, 0) is 24.8 Å². The van der Waals surface area contributed by atoms with Gasteiger partial charge in [0.15, 0.2) is 0 Å². The normalized spacial score (nSPS) is 16.9. The highest BCUT2D eigenvalue weighted by Crippen LogP contribution is 2.16. The fourth-order valence-electron chi connectivity index (χ4n) is 3.76. The summed E-state index contributed by atoms with van der Waals surface area (Å²) in [5.41, 5.74) is 3.01. The van der Waals surface area contributed by atoms with Crippen molar-refractivity contribution in [1.82, 2.24) is 24.8 Å². The molecule has 1 aromatic carbocycles. The fourth-order valence-corrected chi connectivity index (χ4v) is 3.76. The van der Waals surface area contributed by atoms with Crippen molar-refractivity contribution < 1.29 is 9.53 Å². The van der Waals surface area contributed by atoms with Gasteiger partial charge in [0.1, 0.15) is 5.82 Å². The van der Waals surface area contributed by atoms with Crippen LogP contribution < -0.4 is 5.32 Å². The largest absolute Gasteiger partial charge is 0.370 e. The number of aromatic nitrogens is 3. The van der Waals surface area contributed by atoms with Crippen LogP contribution in [0.25, 0.3) is 11.0 Å². The Morgan fingerprint density at radius 3 is 2.93 bits per heavy atom. The number of carbonyl (C=O) groups excluding carboxylic acids is 1. The molecule has 7 nitrogen and oxygen atoms in total. The van der Waals surface area contributed by atoms with E-state index in [0.717, 1.165) is 41.9 Å². The highest BCUT2D eigenvalue weighted by molar-refractivity contribution is 5.76. The van der Waals surface area contributed by atoms with Gasteiger partial charge in [0.2, 0.25) is 0 Å². The van der Waals surface area contributed by atoms with Gasteiger partial charge in [-0.05, 0) is 37.1 Å². The molecule has 1 N–H and O–H groups in total. The molecule has 1 saturated heterocycles. The summed E-state index contributed by atoms with van der Waals surface area (Å²) in [5.74, 6) is 0.974. The molecule has 29 heavy (non-hydrogen) atoms. The molecule has 0 spiro atoms. The smallest absolute Gasteiger partial charge is 0.317 e. The number of nitrogens with one attached hydrogen (secondary N) is 1. The molecule has 0 radical (unpaired) electrons. The zero-order valence-corrected chi connectivity index (χ0v) is 16.8. The average Bonchev–Trinajstić information content (AvgIpc) is 3.09. The monoisotopic (exact) mass is 393 g/mol. The van der Waals surface area contributed by atoms with Gasteiger partial charge >= 0.3 is 6.03 Å². The zero-order chi connectivity index (χ0) is 20.1. The van der Waals surface area contributed by atoms with Gasteiger partial charge in [-0.3, -0.25) is 4.98 Å². The van der Waals surface area contributed by atoms with E-state index in [2.05, 4.69) is 25.9 Å². The van der Waals surface area contributed by atoms with E-state index in [4.69, 9.17) is 4.74 Å².